The van der Waals surface area contributed by atoms with Crippen LogP contribution in [0.25, 0.3) is 4.85 Å². The Labute approximate surface area is 233 Å². The Morgan fingerprint density at radius 1 is 1.17 bits per heavy atom. The van der Waals surface area contributed by atoms with Crippen LogP contribution in [0.15, 0.2) is 24.3 Å². The molecule has 1 aliphatic carbocycles. The molecule has 1 spiro atoms. The average molecular weight is 584 g/mol. The monoisotopic (exact) mass is 583 g/mol. The number of fused-ring (bicyclic) bond motifs is 2. The summed E-state index contributed by atoms with van der Waals surface area (Å²) in [6.45, 7) is 12.4. The molecule has 4 amide bonds. The van der Waals surface area contributed by atoms with Gasteiger partial charge in [-0.15, -0.1) is 0 Å². The molecular formula is C27H30F5N5O4. The fourth-order valence-electron chi connectivity index (χ4n) is 5.69. The molecule has 3 aliphatic rings. The number of benzene rings is 1. The van der Waals surface area contributed by atoms with Gasteiger partial charge in [0, 0.05) is 19.3 Å². The van der Waals surface area contributed by atoms with E-state index in [9.17, 15) is 41.1 Å². The third-order valence-corrected chi connectivity index (χ3v) is 8.21. The van der Waals surface area contributed by atoms with Gasteiger partial charge in [-0.3, -0.25) is 28.9 Å². The van der Waals surface area contributed by atoms with Gasteiger partial charge in [0.05, 0.1) is 6.42 Å². The van der Waals surface area contributed by atoms with Gasteiger partial charge in [-0.25, -0.2) is 11.0 Å². The topological polar surface area (TPSA) is 103 Å². The highest BCUT2D eigenvalue weighted by molar-refractivity contribution is 6.07. The third kappa shape index (κ3) is 4.23. The van der Waals surface area contributed by atoms with E-state index in [0.717, 1.165) is 4.90 Å². The lowest BCUT2D eigenvalue weighted by molar-refractivity contribution is -0.148. The molecule has 1 aromatic rings. The molecule has 4 atom stereocenters. The molecule has 2 aliphatic heterocycles. The second-order valence-electron chi connectivity index (χ2n) is 11.2. The van der Waals surface area contributed by atoms with E-state index in [2.05, 4.69) is 10.2 Å². The number of rotatable bonds is 8. The number of hydrogen-bond acceptors (Lipinski definition) is 4. The maximum absolute atomic E-state index is 14.3. The second kappa shape index (κ2) is 9.95. The number of likely N-dealkylation sites (N-methyl/N-ethyl adjacent to an activating group) is 1. The van der Waals surface area contributed by atoms with Gasteiger partial charge >= 0.3 is 23.7 Å². The zero-order valence-corrected chi connectivity index (χ0v) is 22.8. The molecule has 4 rings (SSSR count). The molecule has 0 aromatic heterocycles. The average Bonchev–Trinajstić information content (AvgIpc) is 3.29. The maximum Gasteiger partial charge on any atom is 0.362 e. The van der Waals surface area contributed by atoms with E-state index in [-0.39, 0.29) is 37.6 Å². The van der Waals surface area contributed by atoms with Crippen LogP contribution in [0, 0.1) is 12.5 Å². The summed E-state index contributed by atoms with van der Waals surface area (Å²) in [5, 5.41) is 4.45. The van der Waals surface area contributed by atoms with Gasteiger partial charge in [-0.1, -0.05) is 39.0 Å². The fraction of sp³-hybridized carbons (Fsp3) is 0.593. The number of anilines is 1. The molecule has 0 radical (unpaired) electrons. The molecule has 0 bridgehead atoms. The van der Waals surface area contributed by atoms with Crippen molar-refractivity contribution in [1.82, 2.24) is 15.1 Å². The van der Waals surface area contributed by atoms with Crippen LogP contribution in [0.2, 0.25) is 0 Å². The van der Waals surface area contributed by atoms with Crippen molar-refractivity contribution in [2.75, 3.05) is 18.9 Å². The summed E-state index contributed by atoms with van der Waals surface area (Å²) in [7, 11) is 1.21. The van der Waals surface area contributed by atoms with E-state index in [0.29, 0.717) is 11.3 Å². The number of carbonyl (C=O) groups excluding carboxylic acids is 4. The van der Waals surface area contributed by atoms with Crippen molar-refractivity contribution >= 4 is 29.3 Å². The molecule has 222 valence electrons. The van der Waals surface area contributed by atoms with E-state index in [1.165, 1.54) is 18.9 Å². The van der Waals surface area contributed by atoms with Crippen LogP contribution in [0.3, 0.4) is 0 Å². The van der Waals surface area contributed by atoms with Crippen LogP contribution in [0.5, 0.6) is 0 Å². The molecule has 1 saturated heterocycles. The van der Waals surface area contributed by atoms with Gasteiger partial charge in [-0.2, -0.15) is 17.6 Å². The lowest BCUT2D eigenvalue weighted by Crippen LogP contribution is -2.57. The number of nitrogens with zero attached hydrogens (tertiary/aromatic N) is 3. The quantitative estimate of drug-likeness (QED) is 0.363. The summed E-state index contributed by atoms with van der Waals surface area (Å²) < 4.78 is 67.9. The normalized spacial score (nSPS) is 26.1. The molecule has 1 saturated carbocycles. The van der Waals surface area contributed by atoms with Crippen molar-refractivity contribution in [2.24, 2.45) is 5.92 Å². The number of amides is 4. The number of alkyl halides is 5. The van der Waals surface area contributed by atoms with Gasteiger partial charge < -0.3 is 15.5 Å². The van der Waals surface area contributed by atoms with Gasteiger partial charge in [0.2, 0.25) is 11.8 Å². The first-order valence-corrected chi connectivity index (χ1v) is 13.1. The summed E-state index contributed by atoms with van der Waals surface area (Å²) in [4.78, 5) is 58.3. The third-order valence-electron chi connectivity index (χ3n) is 8.21. The van der Waals surface area contributed by atoms with Crippen molar-refractivity contribution < 1.29 is 41.1 Å². The highest BCUT2D eigenvalue weighted by Crippen LogP contribution is 2.68. The number of halogens is 5. The van der Waals surface area contributed by atoms with Gasteiger partial charge in [0.15, 0.2) is 0 Å². The molecule has 41 heavy (non-hydrogen) atoms. The van der Waals surface area contributed by atoms with Crippen LogP contribution in [0.1, 0.15) is 45.6 Å². The Bertz CT molecular complexity index is 1320. The number of hydrogen-bond donors (Lipinski definition) is 2. The summed E-state index contributed by atoms with van der Waals surface area (Å²) >= 11 is 0. The highest BCUT2D eigenvalue weighted by Gasteiger charge is 3.02. The van der Waals surface area contributed by atoms with E-state index in [1.807, 2.05) is 0 Å². The Kier molecular flexibility index (Phi) is 7.33. The number of nitrogens with one attached hydrogen (secondary N) is 2. The lowest BCUT2D eigenvalue weighted by atomic mass is 9.80. The summed E-state index contributed by atoms with van der Waals surface area (Å²) in [6.07, 6.45) is -1.22. The molecule has 2 N–H and O–H groups in total. The zero-order chi connectivity index (χ0) is 30.7. The summed E-state index contributed by atoms with van der Waals surface area (Å²) in [5.74, 6) is -15.0. The first-order valence-electron chi connectivity index (χ1n) is 13.1. The SMILES string of the molecule is [C-]#[N+][C@@H]1C[C@@]2(CN1C(=O)[C@H](CC(C)C)N(C)C(=O)[C@H](CC)NC(=O)C1(F)C(F)(F)C1(F)F)C(=O)Nc1ccccc12. The van der Waals surface area contributed by atoms with Crippen LogP contribution in [-0.2, 0) is 24.6 Å². The Morgan fingerprint density at radius 3 is 2.32 bits per heavy atom. The highest BCUT2D eigenvalue weighted by atomic mass is 19.3. The summed E-state index contributed by atoms with van der Waals surface area (Å²) in [5.41, 5.74) is -4.76. The number of para-hydroxylation sites is 1. The van der Waals surface area contributed by atoms with Crippen molar-refractivity contribution in [1.29, 1.82) is 0 Å². The van der Waals surface area contributed by atoms with Crippen molar-refractivity contribution in [3.05, 3.63) is 41.2 Å². The zero-order valence-electron chi connectivity index (χ0n) is 22.8. The minimum absolute atomic E-state index is 0.0196. The largest absolute Gasteiger partial charge is 0.362 e. The first-order chi connectivity index (χ1) is 19.0. The Hall–Kier alpha value is -3.76. The molecule has 2 heterocycles. The maximum atomic E-state index is 14.3. The first kappa shape index (κ1) is 30.2. The molecule has 9 nitrogen and oxygen atoms in total. The molecule has 0 unspecified atom stereocenters. The molecule has 2 fully saturated rings. The second-order valence-corrected chi connectivity index (χ2v) is 11.2. The Balaban J connectivity index is 1.58. The smallest absolute Gasteiger partial charge is 0.341 e. The van der Waals surface area contributed by atoms with Crippen molar-refractivity contribution in [3.8, 4) is 0 Å². The Morgan fingerprint density at radius 2 is 1.78 bits per heavy atom. The van der Waals surface area contributed by atoms with Crippen LogP contribution < -0.4 is 10.6 Å². The van der Waals surface area contributed by atoms with E-state index in [1.54, 1.807) is 43.4 Å². The van der Waals surface area contributed by atoms with Crippen LogP contribution >= 0.6 is 0 Å². The van der Waals surface area contributed by atoms with E-state index in [4.69, 9.17) is 6.57 Å². The van der Waals surface area contributed by atoms with E-state index < -0.39 is 58.9 Å². The van der Waals surface area contributed by atoms with E-state index >= 15 is 0 Å². The molecule has 1 aromatic carbocycles. The number of carbonyl (C=O) groups is 4. The predicted octanol–water partition coefficient (Wildman–Crippen LogP) is 3.11. The number of likely N-dealkylation sites (tertiary alicyclic amines) is 1. The van der Waals surface area contributed by atoms with Crippen molar-refractivity contribution in [3.63, 3.8) is 0 Å². The van der Waals surface area contributed by atoms with Gasteiger partial charge in [-0.05, 0) is 30.4 Å². The molecular weight excluding hydrogens is 553 g/mol. The molecule has 14 heteroatoms. The lowest BCUT2D eigenvalue weighted by Gasteiger charge is -2.34. The van der Waals surface area contributed by atoms with Crippen LogP contribution in [0.4, 0.5) is 27.6 Å². The van der Waals surface area contributed by atoms with Gasteiger partial charge in [0.1, 0.15) is 17.5 Å². The summed E-state index contributed by atoms with van der Waals surface area (Å²) in [6, 6.07) is 4.00. The predicted molar refractivity (Wildman–Crippen MR) is 135 cm³/mol. The fourth-order valence-corrected chi connectivity index (χ4v) is 5.69. The van der Waals surface area contributed by atoms with Gasteiger partial charge in [0.25, 0.3) is 11.8 Å². The van der Waals surface area contributed by atoms with Crippen LogP contribution in [-0.4, -0.2) is 82.8 Å². The van der Waals surface area contributed by atoms with Crippen molar-refractivity contribution in [2.45, 2.75) is 81.2 Å². The minimum atomic E-state index is -5.22. The minimum Gasteiger partial charge on any atom is -0.341 e. The standard InChI is InChI=1S/C27H30F5N5O4/c1-6-16(34-23(41)25(28)26(29,30)27(25,31)32)20(38)36(5)18(11-14(2)3)21(39)37-13-24(12-19(37)33-4)15-9-7-8-10-17(15)35-22(24)40/h7-10,14,16,18-19H,6,11-13H2,1-3,5H3,(H,34,41)(H,35,40)/t16-,18-,19-,24-/m0/s1.